The summed E-state index contributed by atoms with van der Waals surface area (Å²) in [5.41, 5.74) is 1.55. The lowest BCUT2D eigenvalue weighted by atomic mass is 10.2. The summed E-state index contributed by atoms with van der Waals surface area (Å²) in [6.45, 7) is 2.90. The van der Waals surface area contributed by atoms with Gasteiger partial charge >= 0.3 is 0 Å². The van der Waals surface area contributed by atoms with Crippen LogP contribution in [-0.2, 0) is 24.3 Å². The number of thiophene rings is 1. The fourth-order valence-corrected chi connectivity index (χ4v) is 4.11. The molecular formula is C20H20FN5O2S. The molecule has 3 heterocycles. The zero-order valence-electron chi connectivity index (χ0n) is 15.9. The van der Waals surface area contributed by atoms with Crippen LogP contribution in [0.5, 0.6) is 0 Å². The van der Waals surface area contributed by atoms with Gasteiger partial charge < -0.3 is 5.32 Å². The van der Waals surface area contributed by atoms with Crippen LogP contribution in [0.3, 0.4) is 0 Å². The second-order valence-electron chi connectivity index (χ2n) is 6.75. The Labute approximate surface area is 169 Å². The molecule has 0 radical (unpaired) electrons. The van der Waals surface area contributed by atoms with E-state index in [0.29, 0.717) is 35.8 Å². The number of nitrogens with one attached hydrogen (secondary N) is 1. The highest BCUT2D eigenvalue weighted by atomic mass is 32.1. The lowest BCUT2D eigenvalue weighted by molar-refractivity contribution is -0.121. The van der Waals surface area contributed by atoms with Gasteiger partial charge in [-0.3, -0.25) is 18.6 Å². The van der Waals surface area contributed by atoms with Crippen LogP contribution in [0.25, 0.3) is 16.0 Å². The van der Waals surface area contributed by atoms with Crippen molar-refractivity contribution in [2.75, 3.05) is 0 Å². The van der Waals surface area contributed by atoms with Crippen molar-refractivity contribution in [3.05, 3.63) is 63.3 Å². The molecule has 1 amide bonds. The Morgan fingerprint density at radius 2 is 2.00 bits per heavy atom. The van der Waals surface area contributed by atoms with E-state index in [-0.39, 0.29) is 23.7 Å². The monoisotopic (exact) mass is 413 g/mol. The van der Waals surface area contributed by atoms with Crippen LogP contribution in [-0.4, -0.2) is 25.1 Å². The van der Waals surface area contributed by atoms with Crippen LogP contribution in [0.1, 0.15) is 31.2 Å². The Hall–Kier alpha value is -3.07. The van der Waals surface area contributed by atoms with Crippen LogP contribution < -0.4 is 10.9 Å². The number of hydrogen-bond acceptors (Lipinski definition) is 5. The highest BCUT2D eigenvalue weighted by Crippen LogP contribution is 2.20. The van der Waals surface area contributed by atoms with Gasteiger partial charge in [-0.2, -0.15) is 0 Å². The first kappa shape index (κ1) is 19.3. The summed E-state index contributed by atoms with van der Waals surface area (Å²) in [5.74, 6) is 0.712. The molecule has 0 bridgehead atoms. The van der Waals surface area contributed by atoms with Crippen molar-refractivity contribution in [2.45, 2.75) is 39.3 Å². The third-order valence-electron chi connectivity index (χ3n) is 4.70. The third-order valence-corrected chi connectivity index (χ3v) is 5.60. The molecule has 0 spiro atoms. The predicted octanol–water partition coefficient (Wildman–Crippen LogP) is 2.90. The number of aryl methyl sites for hydroxylation is 2. The fraction of sp³-hybridized carbons (Fsp3) is 0.300. The molecule has 1 aromatic carbocycles. The van der Waals surface area contributed by atoms with E-state index >= 15 is 0 Å². The van der Waals surface area contributed by atoms with Crippen LogP contribution in [0, 0.1) is 5.82 Å². The van der Waals surface area contributed by atoms with Gasteiger partial charge in [0, 0.05) is 25.9 Å². The van der Waals surface area contributed by atoms with E-state index < -0.39 is 0 Å². The summed E-state index contributed by atoms with van der Waals surface area (Å²) >= 11 is 1.40. The summed E-state index contributed by atoms with van der Waals surface area (Å²) < 4.78 is 17.1. The van der Waals surface area contributed by atoms with Gasteiger partial charge in [-0.15, -0.1) is 21.5 Å². The summed E-state index contributed by atoms with van der Waals surface area (Å²) in [7, 11) is 0. The van der Waals surface area contributed by atoms with E-state index in [9.17, 15) is 14.0 Å². The smallest absolute Gasteiger partial charge is 0.272 e. The Bertz CT molecular complexity index is 1230. The van der Waals surface area contributed by atoms with Crippen LogP contribution >= 0.6 is 11.3 Å². The number of carbonyl (C=O) groups is 1. The summed E-state index contributed by atoms with van der Waals surface area (Å²) in [4.78, 5) is 25.0. The molecule has 0 fully saturated rings. The van der Waals surface area contributed by atoms with Gasteiger partial charge in [-0.05, 0) is 35.6 Å². The van der Waals surface area contributed by atoms with E-state index in [2.05, 4.69) is 15.5 Å². The minimum atomic E-state index is -0.306. The maximum Gasteiger partial charge on any atom is 0.272 e. The Morgan fingerprint density at radius 1 is 1.21 bits per heavy atom. The molecule has 9 heteroatoms. The van der Waals surface area contributed by atoms with Crippen molar-refractivity contribution < 1.29 is 9.18 Å². The molecule has 3 aromatic heterocycles. The molecule has 150 valence electrons. The van der Waals surface area contributed by atoms with Crippen LogP contribution in [0.15, 0.2) is 40.5 Å². The Balaban J connectivity index is 1.53. The van der Waals surface area contributed by atoms with E-state index in [1.54, 1.807) is 16.7 Å². The highest BCUT2D eigenvalue weighted by Gasteiger charge is 2.17. The van der Waals surface area contributed by atoms with Gasteiger partial charge in [0.2, 0.25) is 11.7 Å². The van der Waals surface area contributed by atoms with Crippen molar-refractivity contribution >= 4 is 33.2 Å². The van der Waals surface area contributed by atoms with Crippen LogP contribution in [0.2, 0.25) is 0 Å². The normalized spacial score (nSPS) is 11.4. The van der Waals surface area contributed by atoms with Gasteiger partial charge in [-0.25, -0.2) is 4.39 Å². The maximum atomic E-state index is 13.0. The molecule has 0 unspecified atom stereocenters. The molecule has 0 aliphatic heterocycles. The average molecular weight is 413 g/mol. The first-order chi connectivity index (χ1) is 14.1. The van der Waals surface area contributed by atoms with Gasteiger partial charge in [0.25, 0.3) is 5.56 Å². The van der Waals surface area contributed by atoms with Crippen molar-refractivity contribution in [1.82, 2.24) is 24.5 Å². The zero-order chi connectivity index (χ0) is 20.4. The number of amides is 1. The van der Waals surface area contributed by atoms with Gasteiger partial charge in [0.1, 0.15) is 16.3 Å². The number of carbonyl (C=O) groups excluding carboxylic acids is 1. The molecule has 7 nitrogen and oxygen atoms in total. The van der Waals surface area contributed by atoms with Crippen molar-refractivity contribution in [2.24, 2.45) is 0 Å². The lowest BCUT2D eigenvalue weighted by Crippen LogP contribution is -2.24. The van der Waals surface area contributed by atoms with Crippen LogP contribution in [0.4, 0.5) is 4.39 Å². The second-order valence-corrected chi connectivity index (χ2v) is 7.66. The summed E-state index contributed by atoms with van der Waals surface area (Å²) in [5, 5.41) is 13.2. The SMILES string of the molecule is CCCn1c(=O)c2sccc2n2c(CCC(=O)NCc3ccc(F)cc3)nnc12. The number of rotatable bonds is 7. The number of nitrogens with zero attached hydrogens (tertiary/aromatic N) is 4. The molecule has 4 aromatic rings. The van der Waals surface area contributed by atoms with E-state index in [1.807, 2.05) is 22.8 Å². The standard InChI is InChI=1S/C20H20FN5O2S/c1-2-10-25-19(28)18-15(9-11-29-18)26-16(23-24-20(25)26)7-8-17(27)22-12-13-3-5-14(21)6-4-13/h3-6,9,11H,2,7-8,10,12H2,1H3,(H,22,27). The Morgan fingerprint density at radius 3 is 2.76 bits per heavy atom. The highest BCUT2D eigenvalue weighted by molar-refractivity contribution is 7.17. The van der Waals surface area contributed by atoms with Crippen molar-refractivity contribution in [1.29, 1.82) is 0 Å². The molecule has 0 saturated carbocycles. The summed E-state index contributed by atoms with van der Waals surface area (Å²) in [6.07, 6.45) is 1.44. The quantitative estimate of drug-likeness (QED) is 0.505. The van der Waals surface area contributed by atoms with Crippen molar-refractivity contribution in [3.63, 3.8) is 0 Å². The maximum absolute atomic E-state index is 13.0. The molecule has 0 aliphatic rings. The van der Waals surface area contributed by atoms with Gasteiger partial charge in [0.05, 0.1) is 5.52 Å². The molecule has 1 N–H and O–H groups in total. The van der Waals surface area contributed by atoms with Gasteiger partial charge in [0.15, 0.2) is 0 Å². The number of halogens is 1. The number of benzene rings is 1. The largest absolute Gasteiger partial charge is 0.352 e. The first-order valence-corrected chi connectivity index (χ1v) is 10.3. The first-order valence-electron chi connectivity index (χ1n) is 9.43. The molecule has 0 saturated heterocycles. The Kier molecular flexibility index (Phi) is 5.39. The number of aromatic nitrogens is 4. The summed E-state index contributed by atoms with van der Waals surface area (Å²) in [6, 6.07) is 7.90. The average Bonchev–Trinajstić information content (AvgIpc) is 3.36. The zero-order valence-corrected chi connectivity index (χ0v) is 16.7. The van der Waals surface area contributed by atoms with E-state index in [1.165, 1.54) is 23.5 Å². The molecule has 4 rings (SSSR count). The van der Waals surface area contributed by atoms with E-state index in [0.717, 1.165) is 17.5 Å². The third kappa shape index (κ3) is 3.77. The molecule has 0 aliphatic carbocycles. The number of fused-ring (bicyclic) bond motifs is 3. The van der Waals surface area contributed by atoms with Crippen molar-refractivity contribution in [3.8, 4) is 0 Å². The van der Waals surface area contributed by atoms with E-state index in [4.69, 9.17) is 0 Å². The number of hydrogen-bond donors (Lipinski definition) is 1. The second kappa shape index (κ2) is 8.12. The molecule has 0 atom stereocenters. The lowest BCUT2D eigenvalue weighted by Gasteiger charge is -2.08. The minimum absolute atomic E-state index is 0.0552. The molecular weight excluding hydrogens is 393 g/mol. The fourth-order valence-electron chi connectivity index (χ4n) is 3.28. The topological polar surface area (TPSA) is 81.3 Å². The minimum Gasteiger partial charge on any atom is -0.352 e. The predicted molar refractivity (Wildman–Crippen MR) is 109 cm³/mol. The van der Waals surface area contributed by atoms with Gasteiger partial charge in [-0.1, -0.05) is 19.1 Å². The molecule has 29 heavy (non-hydrogen) atoms.